The summed E-state index contributed by atoms with van der Waals surface area (Å²) in [6.45, 7) is 4.59. The normalized spacial score (nSPS) is 10.9. The second-order valence-electron chi connectivity index (χ2n) is 7.40. The van der Waals surface area contributed by atoms with Crippen molar-refractivity contribution in [3.05, 3.63) is 65.3 Å². The molecule has 0 radical (unpaired) electrons. The monoisotopic (exact) mass is 432 g/mol. The molecular formula is C24H24N4O2S. The Morgan fingerprint density at radius 3 is 2.68 bits per heavy atom. The van der Waals surface area contributed by atoms with Crippen molar-refractivity contribution in [3.63, 3.8) is 0 Å². The van der Waals surface area contributed by atoms with Gasteiger partial charge in [0.05, 0.1) is 11.1 Å². The van der Waals surface area contributed by atoms with Gasteiger partial charge in [0.25, 0.3) is 0 Å². The van der Waals surface area contributed by atoms with Crippen molar-refractivity contribution < 1.29 is 9.90 Å². The molecule has 158 valence electrons. The molecule has 7 heteroatoms. The summed E-state index contributed by atoms with van der Waals surface area (Å²) < 4.78 is 0. The summed E-state index contributed by atoms with van der Waals surface area (Å²) in [6, 6.07) is 15.4. The molecule has 0 fully saturated rings. The van der Waals surface area contributed by atoms with Crippen molar-refractivity contribution in [1.82, 2.24) is 9.97 Å². The van der Waals surface area contributed by atoms with Gasteiger partial charge in [-0.2, -0.15) is 0 Å². The molecule has 6 nitrogen and oxygen atoms in total. The minimum Gasteiger partial charge on any atom is -0.506 e. The Labute approximate surface area is 185 Å². The second kappa shape index (κ2) is 9.14. The Balaban J connectivity index is 1.42. The summed E-state index contributed by atoms with van der Waals surface area (Å²) in [7, 11) is 0. The average molecular weight is 433 g/mol. The summed E-state index contributed by atoms with van der Waals surface area (Å²) in [5, 5.41) is 17.1. The lowest BCUT2D eigenvalue weighted by molar-refractivity contribution is -0.116. The summed E-state index contributed by atoms with van der Waals surface area (Å²) in [4.78, 5) is 23.3. The van der Waals surface area contributed by atoms with Crippen LogP contribution in [0.4, 0.5) is 11.5 Å². The molecule has 0 aliphatic heterocycles. The van der Waals surface area contributed by atoms with E-state index in [0.717, 1.165) is 32.7 Å². The van der Waals surface area contributed by atoms with Crippen molar-refractivity contribution >= 4 is 39.0 Å². The first kappa shape index (κ1) is 20.8. The topological polar surface area (TPSA) is 87.1 Å². The van der Waals surface area contributed by atoms with Gasteiger partial charge in [-0.3, -0.25) is 4.79 Å². The number of carbonyl (C=O) groups is 1. The maximum atomic E-state index is 12.2. The van der Waals surface area contributed by atoms with E-state index in [-0.39, 0.29) is 11.7 Å². The van der Waals surface area contributed by atoms with E-state index in [4.69, 9.17) is 0 Å². The predicted molar refractivity (Wildman–Crippen MR) is 127 cm³/mol. The van der Waals surface area contributed by atoms with E-state index in [0.29, 0.717) is 25.1 Å². The van der Waals surface area contributed by atoms with Crippen molar-refractivity contribution in [2.75, 3.05) is 17.2 Å². The molecule has 2 aromatic heterocycles. The number of amides is 1. The largest absolute Gasteiger partial charge is 0.506 e. The highest BCUT2D eigenvalue weighted by molar-refractivity contribution is 7.19. The molecule has 2 aromatic carbocycles. The van der Waals surface area contributed by atoms with Crippen LogP contribution in [0.5, 0.6) is 5.75 Å². The fourth-order valence-electron chi connectivity index (χ4n) is 3.55. The third-order valence-electron chi connectivity index (χ3n) is 5.03. The summed E-state index contributed by atoms with van der Waals surface area (Å²) in [5.41, 5.74) is 3.66. The van der Waals surface area contributed by atoms with Gasteiger partial charge in [0.1, 0.15) is 22.7 Å². The van der Waals surface area contributed by atoms with Gasteiger partial charge in [-0.25, -0.2) is 9.97 Å². The number of nitrogens with one attached hydrogen (secondary N) is 2. The third kappa shape index (κ3) is 4.67. The molecule has 0 saturated carbocycles. The van der Waals surface area contributed by atoms with Crippen LogP contribution in [0.15, 0.2) is 54.9 Å². The number of phenolic OH excluding ortho intramolecular Hbond substituents is 1. The minimum atomic E-state index is -0.134. The zero-order valence-corrected chi connectivity index (χ0v) is 18.3. The summed E-state index contributed by atoms with van der Waals surface area (Å²) >= 11 is 1.66. The van der Waals surface area contributed by atoms with Crippen LogP contribution in [0.1, 0.15) is 23.3 Å². The number of aromatic hydroxyl groups is 1. The molecule has 4 rings (SSSR count). The van der Waals surface area contributed by atoms with Crippen LogP contribution in [0.2, 0.25) is 0 Å². The molecule has 0 bridgehead atoms. The highest BCUT2D eigenvalue weighted by atomic mass is 32.1. The van der Waals surface area contributed by atoms with Crippen LogP contribution >= 0.6 is 11.3 Å². The van der Waals surface area contributed by atoms with E-state index < -0.39 is 0 Å². The number of aryl methyl sites for hydroxylation is 2. The van der Waals surface area contributed by atoms with Crippen molar-refractivity contribution in [3.8, 4) is 16.9 Å². The molecule has 4 aromatic rings. The number of hydrogen-bond donors (Lipinski definition) is 3. The number of benzene rings is 2. The number of fused-ring (bicyclic) bond motifs is 1. The quantitative estimate of drug-likeness (QED) is 0.265. The Morgan fingerprint density at radius 2 is 1.90 bits per heavy atom. The highest BCUT2D eigenvalue weighted by Gasteiger charge is 2.16. The zero-order chi connectivity index (χ0) is 21.8. The van der Waals surface area contributed by atoms with Gasteiger partial charge in [0.15, 0.2) is 0 Å². The van der Waals surface area contributed by atoms with Crippen LogP contribution in [0.3, 0.4) is 0 Å². The molecule has 0 aliphatic rings. The van der Waals surface area contributed by atoms with Gasteiger partial charge in [-0.1, -0.05) is 36.4 Å². The molecule has 1 amide bonds. The number of rotatable bonds is 7. The lowest BCUT2D eigenvalue weighted by atomic mass is 10.0. The minimum absolute atomic E-state index is 0.0797. The van der Waals surface area contributed by atoms with E-state index in [1.807, 2.05) is 31.2 Å². The Kier molecular flexibility index (Phi) is 6.13. The molecule has 31 heavy (non-hydrogen) atoms. The van der Waals surface area contributed by atoms with Gasteiger partial charge in [0.2, 0.25) is 5.91 Å². The van der Waals surface area contributed by atoms with Crippen LogP contribution in [0, 0.1) is 13.8 Å². The lowest BCUT2D eigenvalue weighted by Crippen LogP contribution is -2.14. The predicted octanol–water partition coefficient (Wildman–Crippen LogP) is 5.51. The van der Waals surface area contributed by atoms with Gasteiger partial charge in [-0.05, 0) is 43.5 Å². The van der Waals surface area contributed by atoms with Crippen molar-refractivity contribution in [2.45, 2.75) is 26.7 Å². The summed E-state index contributed by atoms with van der Waals surface area (Å²) in [5.74, 6) is 0.728. The van der Waals surface area contributed by atoms with Crippen LogP contribution < -0.4 is 10.6 Å². The van der Waals surface area contributed by atoms with Crippen LogP contribution in [-0.2, 0) is 4.79 Å². The third-order valence-corrected chi connectivity index (χ3v) is 6.04. The molecule has 3 N–H and O–H groups in total. The SMILES string of the molecule is Cc1ccc(NC(=O)CCCNc2ncnc3sc(C)c(-c4ccccc4)c23)c(O)c1. The Hall–Kier alpha value is -3.45. The molecular weight excluding hydrogens is 408 g/mol. The standard InChI is InChI=1S/C24H24N4O2S/c1-15-10-11-18(19(29)13-15)28-20(30)9-6-12-25-23-22-21(17-7-4-3-5-8-17)16(2)31-24(22)27-14-26-23/h3-5,7-8,10-11,13-14,29H,6,9,12H2,1-2H3,(H,28,30)(H,25,26,27). The van der Waals surface area contributed by atoms with E-state index in [1.54, 1.807) is 29.8 Å². The van der Waals surface area contributed by atoms with E-state index in [9.17, 15) is 9.90 Å². The van der Waals surface area contributed by atoms with Gasteiger partial charge in [-0.15, -0.1) is 11.3 Å². The zero-order valence-electron chi connectivity index (χ0n) is 17.5. The Bertz CT molecular complexity index is 1220. The molecule has 0 atom stereocenters. The summed E-state index contributed by atoms with van der Waals surface area (Å²) in [6.07, 6.45) is 2.54. The average Bonchev–Trinajstić information content (AvgIpc) is 3.10. The highest BCUT2D eigenvalue weighted by Crippen LogP contribution is 2.40. The van der Waals surface area contributed by atoms with Crippen LogP contribution in [0.25, 0.3) is 21.3 Å². The number of nitrogens with zero attached hydrogens (tertiary/aromatic N) is 2. The van der Waals surface area contributed by atoms with E-state index in [2.05, 4.69) is 39.7 Å². The first-order chi connectivity index (χ1) is 15.0. The molecule has 0 spiro atoms. The maximum Gasteiger partial charge on any atom is 0.224 e. The lowest BCUT2D eigenvalue weighted by Gasteiger charge is -2.10. The number of carbonyl (C=O) groups excluding carboxylic acids is 1. The molecule has 0 saturated heterocycles. The molecule has 0 unspecified atom stereocenters. The van der Waals surface area contributed by atoms with Crippen LogP contribution in [-0.4, -0.2) is 27.5 Å². The van der Waals surface area contributed by atoms with Crippen molar-refractivity contribution in [1.29, 1.82) is 0 Å². The first-order valence-electron chi connectivity index (χ1n) is 10.2. The molecule has 0 aliphatic carbocycles. The van der Waals surface area contributed by atoms with E-state index >= 15 is 0 Å². The smallest absolute Gasteiger partial charge is 0.224 e. The number of anilines is 2. The second-order valence-corrected chi connectivity index (χ2v) is 8.60. The number of phenols is 1. The van der Waals surface area contributed by atoms with Gasteiger partial charge in [0, 0.05) is 23.4 Å². The number of hydrogen-bond acceptors (Lipinski definition) is 6. The Morgan fingerprint density at radius 1 is 1.10 bits per heavy atom. The first-order valence-corrected chi connectivity index (χ1v) is 11.0. The number of aromatic nitrogens is 2. The van der Waals surface area contributed by atoms with Crippen molar-refractivity contribution in [2.24, 2.45) is 0 Å². The van der Waals surface area contributed by atoms with Gasteiger partial charge >= 0.3 is 0 Å². The fourth-order valence-corrected chi connectivity index (χ4v) is 4.56. The van der Waals surface area contributed by atoms with Gasteiger partial charge < -0.3 is 15.7 Å². The molecule has 2 heterocycles. The maximum absolute atomic E-state index is 12.2. The van der Waals surface area contributed by atoms with E-state index in [1.165, 1.54) is 4.88 Å². The fraction of sp³-hybridized carbons (Fsp3) is 0.208. The number of thiophene rings is 1.